The smallest absolute Gasteiger partial charge is 0.455 e. The van der Waals surface area contributed by atoms with Crippen molar-refractivity contribution in [2.75, 3.05) is 17.7 Å². The molecular weight excluding hydrogens is 521 g/mol. The molecule has 3 aromatic heterocycles. The van der Waals surface area contributed by atoms with Crippen molar-refractivity contribution in [2.45, 2.75) is 24.1 Å². The minimum Gasteiger partial charge on any atom is -0.461 e. The Balaban J connectivity index is 1.24. The highest BCUT2D eigenvalue weighted by Gasteiger charge is 2.38. The Hall–Kier alpha value is -3.72. The molecule has 0 saturated carbocycles. The summed E-state index contributed by atoms with van der Waals surface area (Å²) < 4.78 is 73.5. The normalized spacial score (nSPS) is 15.4. The minimum atomic E-state index is -4.68. The second-order valence-corrected chi connectivity index (χ2v) is 10.8. The van der Waals surface area contributed by atoms with Crippen LogP contribution in [0.4, 0.5) is 19.2 Å². The maximum Gasteiger partial charge on any atom is 0.455 e. The average Bonchev–Trinajstić information content (AvgIpc) is 3.54. The van der Waals surface area contributed by atoms with Gasteiger partial charge in [-0.2, -0.15) is 18.2 Å². The third-order valence-corrected chi connectivity index (χ3v) is 7.18. The zero-order chi connectivity index (χ0) is 25.7. The predicted octanol–water partition coefficient (Wildman–Crippen LogP) is 3.99. The second-order valence-electron chi connectivity index (χ2n) is 7.85. The summed E-state index contributed by atoms with van der Waals surface area (Å²) in [5.41, 5.74) is 2.18. The molecule has 0 bridgehead atoms. The topological polar surface area (TPSA) is 116 Å². The molecule has 188 valence electrons. The first-order valence-electron chi connectivity index (χ1n) is 10.4. The zero-order valence-electron chi connectivity index (χ0n) is 18.7. The first-order valence-corrected chi connectivity index (χ1v) is 13.1. The van der Waals surface area contributed by atoms with Crippen LogP contribution in [0.2, 0.25) is 0 Å². The Morgan fingerprint density at radius 2 is 1.94 bits per heavy atom. The van der Waals surface area contributed by atoms with Gasteiger partial charge in [-0.3, -0.25) is 4.90 Å². The zero-order valence-corrected chi connectivity index (χ0v) is 20.3. The number of hydrogen-bond donors (Lipinski definition) is 0. The fourth-order valence-corrected chi connectivity index (χ4v) is 4.80. The van der Waals surface area contributed by atoms with Crippen molar-refractivity contribution >= 4 is 32.1 Å². The molecule has 4 heterocycles. The average molecular weight is 539 g/mol. The summed E-state index contributed by atoms with van der Waals surface area (Å²) in [5.74, 6) is -1.33. The molecular formula is C21H17F3N6O4S2. The quantitative estimate of drug-likeness (QED) is 0.359. The van der Waals surface area contributed by atoms with E-state index in [0.717, 1.165) is 17.4 Å². The molecule has 0 spiro atoms. The summed E-state index contributed by atoms with van der Waals surface area (Å²) >= 11 is 1.24. The lowest BCUT2D eigenvalue weighted by Gasteiger charge is -2.21. The number of alkyl halides is 3. The van der Waals surface area contributed by atoms with Gasteiger partial charge in [-0.1, -0.05) is 18.2 Å². The van der Waals surface area contributed by atoms with Crippen LogP contribution in [0.15, 0.2) is 63.8 Å². The van der Waals surface area contributed by atoms with E-state index in [1.807, 2.05) is 6.92 Å². The number of nitrogens with zero attached hydrogens (tertiary/aromatic N) is 6. The van der Waals surface area contributed by atoms with Crippen molar-refractivity contribution in [3.63, 3.8) is 0 Å². The van der Waals surface area contributed by atoms with E-state index >= 15 is 0 Å². The number of anilines is 1. The molecule has 0 fully saturated rings. The van der Waals surface area contributed by atoms with Crippen LogP contribution in [0, 0.1) is 0 Å². The lowest BCUT2D eigenvalue weighted by molar-refractivity contribution is -0.146. The number of sulfone groups is 1. The van der Waals surface area contributed by atoms with Crippen LogP contribution in [0.25, 0.3) is 16.2 Å². The van der Waals surface area contributed by atoms with Crippen LogP contribution < -0.4 is 9.64 Å². The number of imidazole rings is 1. The van der Waals surface area contributed by atoms with Crippen molar-refractivity contribution in [1.29, 1.82) is 0 Å². The number of halogens is 3. The van der Waals surface area contributed by atoms with Crippen molar-refractivity contribution < 1.29 is 30.8 Å². The molecule has 1 atom stereocenters. The van der Waals surface area contributed by atoms with Gasteiger partial charge in [-0.05, 0) is 47.2 Å². The van der Waals surface area contributed by atoms with Gasteiger partial charge < -0.3 is 9.26 Å². The maximum absolute atomic E-state index is 12.7. The molecule has 36 heavy (non-hydrogen) atoms. The Bertz CT molecular complexity index is 1550. The van der Waals surface area contributed by atoms with Crippen LogP contribution in [0.3, 0.4) is 0 Å². The molecule has 0 N–H and O–H groups in total. The molecule has 0 amide bonds. The van der Waals surface area contributed by atoms with Crippen LogP contribution in [-0.4, -0.2) is 52.1 Å². The molecule has 0 saturated heterocycles. The first-order chi connectivity index (χ1) is 17.0. The number of benzene rings is 1. The number of rotatable bonds is 6. The van der Waals surface area contributed by atoms with Gasteiger partial charge in [0, 0.05) is 24.6 Å². The fourth-order valence-electron chi connectivity index (χ4n) is 3.36. The summed E-state index contributed by atoms with van der Waals surface area (Å²) in [6, 6.07) is 6.17. The standard InChI is InChI=1S/C21H17F3N6O4S2/c1-12(13-7-9-29(10-8-13)18-26-17(28-34-18)21(22,23)24)33-20-27-30-11-16(25-19(30)35-20)14-3-5-15(6-4-14)36(2,31)32/h3-9,11-12H,10H2,1-2H3. The lowest BCUT2D eigenvalue weighted by atomic mass is 10.1. The number of fused-ring (bicyclic) bond motifs is 1. The highest BCUT2D eigenvalue weighted by Crippen LogP contribution is 2.30. The van der Waals surface area contributed by atoms with E-state index in [9.17, 15) is 21.6 Å². The summed E-state index contributed by atoms with van der Waals surface area (Å²) in [6.45, 7) is 2.04. The van der Waals surface area contributed by atoms with E-state index in [1.165, 1.54) is 28.4 Å². The Morgan fingerprint density at radius 3 is 2.53 bits per heavy atom. The van der Waals surface area contributed by atoms with Crippen LogP contribution in [-0.2, 0) is 16.0 Å². The molecule has 15 heteroatoms. The van der Waals surface area contributed by atoms with Gasteiger partial charge in [0.15, 0.2) is 9.84 Å². The van der Waals surface area contributed by atoms with Gasteiger partial charge in [0.2, 0.25) is 4.96 Å². The second kappa shape index (κ2) is 8.74. The number of ether oxygens (including phenoxy) is 1. The van der Waals surface area contributed by atoms with E-state index in [4.69, 9.17) is 9.26 Å². The van der Waals surface area contributed by atoms with Crippen molar-refractivity contribution in [3.05, 3.63) is 60.2 Å². The van der Waals surface area contributed by atoms with Gasteiger partial charge in [0.05, 0.1) is 16.8 Å². The van der Waals surface area contributed by atoms with Gasteiger partial charge >= 0.3 is 12.2 Å². The highest BCUT2D eigenvalue weighted by molar-refractivity contribution is 7.90. The van der Waals surface area contributed by atoms with Crippen molar-refractivity contribution in [1.82, 2.24) is 24.7 Å². The number of hydrogen-bond acceptors (Lipinski definition) is 10. The summed E-state index contributed by atoms with van der Waals surface area (Å²) in [4.78, 5) is 10.1. The molecule has 0 aliphatic carbocycles. The van der Waals surface area contributed by atoms with Crippen molar-refractivity contribution in [2.24, 2.45) is 0 Å². The monoisotopic (exact) mass is 538 g/mol. The highest BCUT2D eigenvalue weighted by atomic mass is 32.2. The van der Waals surface area contributed by atoms with Crippen LogP contribution >= 0.6 is 11.3 Å². The molecule has 4 aromatic rings. The van der Waals surface area contributed by atoms with E-state index in [2.05, 4.69) is 20.2 Å². The summed E-state index contributed by atoms with van der Waals surface area (Å²) in [7, 11) is -3.28. The SMILES string of the molecule is CC(Oc1nn2cc(-c3ccc(S(C)(=O)=O)cc3)nc2s1)C1=CCN(c2nc(C(F)(F)F)no2)C=C1. The Labute approximate surface area is 206 Å². The summed E-state index contributed by atoms with van der Waals surface area (Å²) in [6.07, 6.45) is 2.80. The molecule has 5 rings (SSSR count). The van der Waals surface area contributed by atoms with E-state index in [1.54, 1.807) is 41.2 Å². The third-order valence-electron chi connectivity index (χ3n) is 5.24. The van der Waals surface area contributed by atoms with Gasteiger partial charge in [0.25, 0.3) is 11.0 Å². The van der Waals surface area contributed by atoms with Gasteiger partial charge in [-0.15, -0.1) is 5.10 Å². The van der Waals surface area contributed by atoms with Crippen LogP contribution in [0.1, 0.15) is 12.7 Å². The third kappa shape index (κ3) is 4.83. The molecule has 1 aromatic carbocycles. The maximum atomic E-state index is 12.7. The van der Waals surface area contributed by atoms with Crippen molar-refractivity contribution in [3.8, 4) is 16.5 Å². The first kappa shape index (κ1) is 24.0. The van der Waals surface area contributed by atoms with Gasteiger partial charge in [-0.25, -0.2) is 17.9 Å². The van der Waals surface area contributed by atoms with E-state index in [-0.39, 0.29) is 17.5 Å². The lowest BCUT2D eigenvalue weighted by Crippen LogP contribution is -2.23. The number of aromatic nitrogens is 5. The summed E-state index contributed by atoms with van der Waals surface area (Å²) in [5, 5.41) is 7.73. The molecule has 10 nitrogen and oxygen atoms in total. The van der Waals surface area contributed by atoms with E-state index < -0.39 is 27.9 Å². The molecule has 1 aliphatic rings. The van der Waals surface area contributed by atoms with E-state index in [0.29, 0.717) is 15.8 Å². The van der Waals surface area contributed by atoms with Crippen LogP contribution in [0.5, 0.6) is 5.19 Å². The molecule has 1 aliphatic heterocycles. The fraction of sp³-hybridized carbons (Fsp3) is 0.238. The largest absolute Gasteiger partial charge is 0.461 e. The van der Waals surface area contributed by atoms with Gasteiger partial charge in [0.1, 0.15) is 6.10 Å². The Morgan fingerprint density at radius 1 is 1.19 bits per heavy atom. The molecule has 0 radical (unpaired) electrons. The molecule has 1 unspecified atom stereocenters. The minimum absolute atomic E-state index is 0.224. The predicted molar refractivity (Wildman–Crippen MR) is 123 cm³/mol. The Kier molecular flexibility index (Phi) is 5.83.